The van der Waals surface area contributed by atoms with Gasteiger partial charge in [-0.25, -0.2) is 4.79 Å². The van der Waals surface area contributed by atoms with Crippen molar-refractivity contribution in [2.45, 2.75) is 32.1 Å². The van der Waals surface area contributed by atoms with E-state index in [9.17, 15) is 9.90 Å². The first-order valence-corrected chi connectivity index (χ1v) is 8.38. The van der Waals surface area contributed by atoms with Gasteiger partial charge in [-0.05, 0) is 61.2 Å². The Kier molecular flexibility index (Phi) is 5.03. The second kappa shape index (κ2) is 7.38. The highest BCUT2D eigenvalue weighted by molar-refractivity contribution is 5.94. The number of carbonyl (C=O) groups is 1. The monoisotopic (exact) mass is 338 g/mol. The summed E-state index contributed by atoms with van der Waals surface area (Å²) in [4.78, 5) is 15.2. The van der Waals surface area contributed by atoms with Gasteiger partial charge in [0.1, 0.15) is 5.75 Å². The summed E-state index contributed by atoms with van der Waals surface area (Å²) in [6.45, 7) is 2.11. The molecule has 5 heteroatoms. The Balaban J connectivity index is 1.81. The second-order valence-electron chi connectivity index (χ2n) is 6.19. The number of nitrogens with one attached hydrogen (secondary N) is 1. The molecular formula is C20H22N2O3. The van der Waals surface area contributed by atoms with Crippen LogP contribution in [0.3, 0.4) is 0 Å². The molecule has 1 aromatic heterocycles. The molecule has 0 saturated carbocycles. The summed E-state index contributed by atoms with van der Waals surface area (Å²) in [5, 5.41) is 12.3. The van der Waals surface area contributed by atoms with Crippen LogP contribution in [-0.4, -0.2) is 23.2 Å². The molecule has 0 spiro atoms. The lowest BCUT2D eigenvalue weighted by Crippen LogP contribution is -2.11. The second-order valence-corrected chi connectivity index (χ2v) is 6.19. The Labute approximate surface area is 147 Å². The van der Waals surface area contributed by atoms with Crippen LogP contribution >= 0.6 is 0 Å². The average Bonchev–Trinajstić information content (AvgIpc) is 2.63. The minimum absolute atomic E-state index is 0.212. The number of carboxylic acids is 1. The Morgan fingerprint density at radius 3 is 3.00 bits per heavy atom. The molecule has 2 N–H and O–H groups in total. The quantitative estimate of drug-likeness (QED) is 0.857. The molecule has 2 aromatic rings. The van der Waals surface area contributed by atoms with Gasteiger partial charge < -0.3 is 15.2 Å². The standard InChI is InChI=1S/C20H22N2O3/c1-13-15-5-3-4-14(16(15)6-7-19(13)25-2)8-11-22-18-12-21-10-9-17(18)20(23)24/h6-12,14,22H,3-5H2,1-2H3,(H,23,24)/b11-8+. The highest BCUT2D eigenvalue weighted by atomic mass is 16.5. The van der Waals surface area contributed by atoms with Gasteiger partial charge in [-0.15, -0.1) is 0 Å². The number of ether oxygens (including phenoxy) is 1. The van der Waals surface area contributed by atoms with E-state index in [-0.39, 0.29) is 5.56 Å². The zero-order valence-corrected chi connectivity index (χ0v) is 14.5. The molecule has 1 heterocycles. The number of allylic oxidation sites excluding steroid dienone is 1. The lowest BCUT2D eigenvalue weighted by molar-refractivity contribution is 0.0698. The summed E-state index contributed by atoms with van der Waals surface area (Å²) in [5.74, 6) is 0.276. The van der Waals surface area contributed by atoms with Gasteiger partial charge in [-0.2, -0.15) is 0 Å². The largest absolute Gasteiger partial charge is 0.496 e. The topological polar surface area (TPSA) is 71.5 Å². The van der Waals surface area contributed by atoms with Gasteiger partial charge >= 0.3 is 5.97 Å². The molecule has 1 aliphatic carbocycles. The van der Waals surface area contributed by atoms with E-state index in [0.717, 1.165) is 25.0 Å². The molecule has 0 aliphatic heterocycles. The van der Waals surface area contributed by atoms with E-state index in [1.807, 2.05) is 12.3 Å². The minimum Gasteiger partial charge on any atom is -0.496 e. The van der Waals surface area contributed by atoms with Crippen LogP contribution in [0.25, 0.3) is 0 Å². The number of rotatable bonds is 5. The Morgan fingerprint density at radius 2 is 2.24 bits per heavy atom. The van der Waals surface area contributed by atoms with Crippen molar-refractivity contribution in [1.82, 2.24) is 4.98 Å². The van der Waals surface area contributed by atoms with Gasteiger partial charge in [0.05, 0.1) is 24.6 Å². The molecule has 0 radical (unpaired) electrons. The number of fused-ring (bicyclic) bond motifs is 1. The van der Waals surface area contributed by atoms with Gasteiger partial charge in [0, 0.05) is 12.1 Å². The van der Waals surface area contributed by atoms with Crippen molar-refractivity contribution in [3.63, 3.8) is 0 Å². The summed E-state index contributed by atoms with van der Waals surface area (Å²) < 4.78 is 5.43. The molecule has 0 fully saturated rings. The van der Waals surface area contributed by atoms with Gasteiger partial charge in [-0.1, -0.05) is 12.1 Å². The van der Waals surface area contributed by atoms with Crippen molar-refractivity contribution in [3.8, 4) is 5.75 Å². The smallest absolute Gasteiger partial charge is 0.337 e. The van der Waals surface area contributed by atoms with Crippen molar-refractivity contribution < 1.29 is 14.6 Å². The molecule has 0 saturated heterocycles. The van der Waals surface area contributed by atoms with Crippen molar-refractivity contribution in [2.24, 2.45) is 0 Å². The molecule has 0 amide bonds. The fraction of sp³-hybridized carbons (Fsp3) is 0.300. The third kappa shape index (κ3) is 3.50. The number of anilines is 1. The van der Waals surface area contributed by atoms with Crippen LogP contribution in [0.2, 0.25) is 0 Å². The third-order valence-electron chi connectivity index (χ3n) is 4.77. The number of nitrogens with zero attached hydrogens (tertiary/aromatic N) is 1. The molecule has 0 bridgehead atoms. The third-order valence-corrected chi connectivity index (χ3v) is 4.77. The first kappa shape index (κ1) is 17.0. The molecule has 130 valence electrons. The summed E-state index contributed by atoms with van der Waals surface area (Å²) >= 11 is 0. The summed E-state index contributed by atoms with van der Waals surface area (Å²) in [5.41, 5.74) is 4.61. The summed E-state index contributed by atoms with van der Waals surface area (Å²) in [6.07, 6.45) is 10.2. The lowest BCUT2D eigenvalue weighted by Gasteiger charge is -2.25. The Bertz CT molecular complexity index is 815. The van der Waals surface area contributed by atoms with Crippen LogP contribution < -0.4 is 10.1 Å². The summed E-state index contributed by atoms with van der Waals surface area (Å²) in [6, 6.07) is 5.66. The van der Waals surface area contributed by atoms with E-state index in [4.69, 9.17) is 4.74 Å². The zero-order chi connectivity index (χ0) is 17.8. The minimum atomic E-state index is -0.968. The van der Waals surface area contributed by atoms with E-state index in [0.29, 0.717) is 11.6 Å². The first-order chi connectivity index (χ1) is 12.1. The Morgan fingerprint density at radius 1 is 1.40 bits per heavy atom. The molecule has 1 atom stereocenters. The van der Waals surface area contributed by atoms with Crippen LogP contribution in [0.1, 0.15) is 45.8 Å². The average molecular weight is 338 g/mol. The van der Waals surface area contributed by atoms with Crippen LogP contribution in [0.5, 0.6) is 5.75 Å². The molecule has 3 rings (SSSR count). The number of carboxylic acid groups (broad SMARTS) is 1. The lowest BCUT2D eigenvalue weighted by atomic mass is 9.80. The number of hydrogen-bond acceptors (Lipinski definition) is 4. The van der Waals surface area contributed by atoms with E-state index in [2.05, 4.69) is 29.4 Å². The fourth-order valence-corrected chi connectivity index (χ4v) is 3.46. The number of pyridine rings is 1. The van der Waals surface area contributed by atoms with Crippen molar-refractivity contribution >= 4 is 11.7 Å². The zero-order valence-electron chi connectivity index (χ0n) is 14.5. The Hall–Kier alpha value is -2.82. The fourth-order valence-electron chi connectivity index (χ4n) is 3.46. The molecular weight excluding hydrogens is 316 g/mol. The number of aromatic carboxylic acids is 1. The van der Waals surface area contributed by atoms with Gasteiger partial charge in [0.2, 0.25) is 0 Å². The highest BCUT2D eigenvalue weighted by Gasteiger charge is 2.21. The van der Waals surface area contributed by atoms with Gasteiger partial charge in [0.25, 0.3) is 0 Å². The molecule has 1 unspecified atom stereocenters. The number of hydrogen-bond donors (Lipinski definition) is 2. The highest BCUT2D eigenvalue weighted by Crippen LogP contribution is 2.37. The van der Waals surface area contributed by atoms with Crippen LogP contribution in [0.15, 0.2) is 42.9 Å². The summed E-state index contributed by atoms with van der Waals surface area (Å²) in [7, 11) is 1.70. The van der Waals surface area contributed by atoms with E-state index in [1.165, 1.54) is 35.2 Å². The predicted octanol–water partition coefficient (Wildman–Crippen LogP) is 4.14. The normalized spacial score (nSPS) is 16.5. The van der Waals surface area contributed by atoms with Gasteiger partial charge in [-0.3, -0.25) is 4.98 Å². The van der Waals surface area contributed by atoms with Gasteiger partial charge in [0.15, 0.2) is 0 Å². The molecule has 1 aliphatic rings. The maximum absolute atomic E-state index is 11.2. The van der Waals surface area contributed by atoms with Crippen LogP contribution in [-0.2, 0) is 6.42 Å². The number of methoxy groups -OCH3 is 1. The van der Waals surface area contributed by atoms with Crippen LogP contribution in [0.4, 0.5) is 5.69 Å². The van der Waals surface area contributed by atoms with E-state index < -0.39 is 5.97 Å². The molecule has 5 nitrogen and oxygen atoms in total. The van der Waals surface area contributed by atoms with Crippen molar-refractivity contribution in [3.05, 3.63) is 65.1 Å². The number of benzene rings is 1. The van der Waals surface area contributed by atoms with E-state index in [1.54, 1.807) is 7.11 Å². The van der Waals surface area contributed by atoms with Crippen molar-refractivity contribution in [1.29, 1.82) is 0 Å². The predicted molar refractivity (Wildman–Crippen MR) is 97.4 cm³/mol. The SMILES string of the molecule is COc1ccc2c(c1C)CCCC2/C=C/Nc1cnccc1C(=O)O. The first-order valence-electron chi connectivity index (χ1n) is 8.38. The number of aromatic nitrogens is 1. The molecule has 1 aromatic carbocycles. The maximum Gasteiger partial charge on any atom is 0.337 e. The van der Waals surface area contributed by atoms with E-state index >= 15 is 0 Å². The molecule has 25 heavy (non-hydrogen) atoms. The van der Waals surface area contributed by atoms with Crippen LogP contribution in [0, 0.1) is 6.92 Å². The van der Waals surface area contributed by atoms with Crippen molar-refractivity contribution in [2.75, 3.05) is 12.4 Å². The maximum atomic E-state index is 11.2.